The summed E-state index contributed by atoms with van der Waals surface area (Å²) in [5.74, 6) is 1.77. The zero-order chi connectivity index (χ0) is 20.3. The van der Waals surface area contributed by atoms with Gasteiger partial charge in [0.1, 0.15) is 0 Å². The molecule has 0 bridgehead atoms. The highest BCUT2D eigenvalue weighted by atomic mass is 32.2. The van der Waals surface area contributed by atoms with Crippen LogP contribution in [-0.4, -0.2) is 28.6 Å². The highest BCUT2D eigenvalue weighted by Gasteiger charge is 2.33. The molecule has 152 valence electrons. The van der Waals surface area contributed by atoms with Gasteiger partial charge < -0.3 is 4.57 Å². The second kappa shape index (κ2) is 6.52. The Morgan fingerprint density at radius 1 is 1.17 bits per heavy atom. The van der Waals surface area contributed by atoms with Crippen LogP contribution in [-0.2, 0) is 16.3 Å². The minimum Gasteiger partial charge on any atom is -0.312 e. The summed E-state index contributed by atoms with van der Waals surface area (Å²) in [5, 5.41) is 4.51. The van der Waals surface area contributed by atoms with Gasteiger partial charge in [0.15, 0.2) is 5.82 Å². The lowest BCUT2D eigenvalue weighted by Gasteiger charge is -2.13. The quantitative estimate of drug-likeness (QED) is 0.672. The molecule has 2 saturated carbocycles. The van der Waals surface area contributed by atoms with Crippen LogP contribution in [0.1, 0.15) is 68.3 Å². The van der Waals surface area contributed by atoms with Crippen LogP contribution in [0.2, 0.25) is 0 Å². The number of nitrogens with one attached hydrogen (secondary N) is 1. The summed E-state index contributed by atoms with van der Waals surface area (Å²) in [4.78, 5) is 18.1. The maximum atomic E-state index is 12.8. The van der Waals surface area contributed by atoms with E-state index in [0.29, 0.717) is 28.7 Å². The first-order chi connectivity index (χ1) is 13.8. The van der Waals surface area contributed by atoms with Crippen molar-refractivity contribution in [2.45, 2.75) is 68.1 Å². The van der Waals surface area contributed by atoms with E-state index in [1.165, 1.54) is 4.52 Å². The summed E-state index contributed by atoms with van der Waals surface area (Å²) in [6.45, 7) is 4.54. The molecule has 5 rings (SSSR count). The number of hydrogen-bond donors (Lipinski definition) is 1. The van der Waals surface area contributed by atoms with Crippen LogP contribution in [0.3, 0.4) is 0 Å². The van der Waals surface area contributed by atoms with Crippen molar-refractivity contribution >= 4 is 15.5 Å². The summed E-state index contributed by atoms with van der Waals surface area (Å²) in [7, 11) is -2.69. The number of benzene rings is 1. The van der Waals surface area contributed by atoms with E-state index in [2.05, 4.69) is 10.1 Å². The second-order valence-corrected chi connectivity index (χ2v) is 10.9. The summed E-state index contributed by atoms with van der Waals surface area (Å²) < 4.78 is 24.2. The van der Waals surface area contributed by atoms with E-state index < -0.39 is 9.73 Å². The topological polar surface area (TPSA) is 93.1 Å². The molecule has 1 unspecified atom stereocenters. The lowest BCUT2D eigenvalue weighted by Crippen LogP contribution is -2.24. The molecule has 0 spiro atoms. The Labute approximate surface area is 169 Å². The predicted molar refractivity (Wildman–Crippen MR) is 111 cm³/mol. The Balaban J connectivity index is 1.54. The number of aromatic nitrogens is 4. The maximum Gasteiger partial charge on any atom is 0.279 e. The molecule has 8 heteroatoms. The van der Waals surface area contributed by atoms with Crippen molar-refractivity contribution in [2.24, 2.45) is 0 Å². The summed E-state index contributed by atoms with van der Waals surface area (Å²) >= 11 is 0. The summed E-state index contributed by atoms with van der Waals surface area (Å²) in [6, 6.07) is 7.47. The molecule has 0 radical (unpaired) electrons. The van der Waals surface area contributed by atoms with Gasteiger partial charge in [0.25, 0.3) is 5.56 Å². The third kappa shape index (κ3) is 3.29. The Kier molecular flexibility index (Phi) is 4.17. The smallest absolute Gasteiger partial charge is 0.279 e. The van der Waals surface area contributed by atoms with Gasteiger partial charge in [0.05, 0.1) is 16.3 Å². The number of hydrogen-bond acceptors (Lipinski definition) is 5. The van der Waals surface area contributed by atoms with Crippen LogP contribution < -0.4 is 5.56 Å². The Morgan fingerprint density at radius 2 is 1.86 bits per heavy atom. The van der Waals surface area contributed by atoms with Gasteiger partial charge >= 0.3 is 0 Å². The molecule has 2 aromatic heterocycles. The molecule has 1 atom stereocenters. The van der Waals surface area contributed by atoms with E-state index in [0.717, 1.165) is 37.1 Å². The van der Waals surface area contributed by atoms with E-state index >= 15 is 0 Å². The molecular weight excluding hydrogens is 386 g/mol. The predicted octanol–water partition coefficient (Wildman–Crippen LogP) is 3.51. The lowest BCUT2D eigenvalue weighted by molar-refractivity contribution is 0.673. The van der Waals surface area contributed by atoms with Crippen LogP contribution in [0.4, 0.5) is 0 Å². The zero-order valence-electron chi connectivity index (χ0n) is 16.7. The van der Waals surface area contributed by atoms with Crippen LogP contribution in [0.15, 0.2) is 40.2 Å². The average Bonchev–Trinajstić information content (AvgIpc) is 3.61. The van der Waals surface area contributed by atoms with Crippen molar-refractivity contribution in [2.75, 3.05) is 0 Å². The molecule has 2 aliphatic rings. The molecule has 0 aliphatic heterocycles. The first kappa shape index (κ1) is 18.5. The van der Waals surface area contributed by atoms with Gasteiger partial charge in [-0.15, -0.1) is 5.10 Å². The molecule has 3 aromatic rings. The van der Waals surface area contributed by atoms with Gasteiger partial charge in [-0.2, -0.15) is 9.50 Å². The molecule has 2 heterocycles. The largest absolute Gasteiger partial charge is 0.312 e. The normalized spacial score (nSPS) is 19.0. The molecule has 0 saturated heterocycles. The fourth-order valence-corrected chi connectivity index (χ4v) is 5.38. The molecule has 2 aliphatic carbocycles. The van der Waals surface area contributed by atoms with Crippen molar-refractivity contribution in [3.05, 3.63) is 57.8 Å². The second-order valence-electron chi connectivity index (χ2n) is 8.57. The minimum atomic E-state index is -2.69. The molecule has 1 aromatic carbocycles. The van der Waals surface area contributed by atoms with Crippen molar-refractivity contribution in [3.63, 3.8) is 0 Å². The van der Waals surface area contributed by atoms with Crippen molar-refractivity contribution in [3.8, 4) is 0 Å². The summed E-state index contributed by atoms with van der Waals surface area (Å²) in [6.07, 6.45) is 5.81. The van der Waals surface area contributed by atoms with Gasteiger partial charge in [0.2, 0.25) is 5.78 Å². The standard InChI is InChI=1S/C21H25N5O2S/c1-13(2)18-12-25(21-23-19(15-5-6-15)24-26(21)20(18)27)11-14-3-7-16(8-4-14)29(22,28)17-9-10-17/h3-4,7-8,12-13,15,17,22H,5-6,9-11H2,1-2H3. The lowest BCUT2D eigenvalue weighted by atomic mass is 10.1. The van der Waals surface area contributed by atoms with Gasteiger partial charge in [-0.3, -0.25) is 4.79 Å². The molecule has 1 N–H and O–H groups in total. The Morgan fingerprint density at radius 3 is 2.45 bits per heavy atom. The first-order valence-corrected chi connectivity index (χ1v) is 11.8. The monoisotopic (exact) mass is 411 g/mol. The number of rotatable bonds is 6. The highest BCUT2D eigenvalue weighted by Crippen LogP contribution is 2.38. The average molecular weight is 412 g/mol. The zero-order valence-corrected chi connectivity index (χ0v) is 17.5. The van der Waals surface area contributed by atoms with Crippen LogP contribution in [0, 0.1) is 4.78 Å². The summed E-state index contributed by atoms with van der Waals surface area (Å²) in [5.41, 5.74) is 1.62. The van der Waals surface area contributed by atoms with Gasteiger partial charge in [-0.05, 0) is 49.3 Å². The van der Waals surface area contributed by atoms with E-state index in [1.54, 1.807) is 0 Å². The molecule has 7 nitrogen and oxygen atoms in total. The Bertz CT molecular complexity index is 1250. The van der Waals surface area contributed by atoms with Crippen LogP contribution in [0.5, 0.6) is 0 Å². The van der Waals surface area contributed by atoms with Crippen LogP contribution >= 0.6 is 0 Å². The SMILES string of the molecule is CC(C)c1cn(Cc2ccc(S(=N)(=O)C3CC3)cc2)c2nc(C3CC3)nn2c1=O. The number of fused-ring (bicyclic) bond motifs is 1. The molecule has 2 fully saturated rings. The van der Waals surface area contributed by atoms with E-state index in [4.69, 9.17) is 4.78 Å². The molecule has 29 heavy (non-hydrogen) atoms. The molecule has 0 amide bonds. The van der Waals surface area contributed by atoms with Crippen molar-refractivity contribution in [1.82, 2.24) is 19.2 Å². The van der Waals surface area contributed by atoms with Gasteiger partial charge in [-0.25, -0.2) is 8.99 Å². The maximum absolute atomic E-state index is 12.8. The van der Waals surface area contributed by atoms with E-state index in [9.17, 15) is 9.00 Å². The third-order valence-electron chi connectivity index (χ3n) is 5.78. The minimum absolute atomic E-state index is 0.0115. The first-order valence-electron chi connectivity index (χ1n) is 10.2. The fourth-order valence-electron chi connectivity index (χ4n) is 3.66. The van der Waals surface area contributed by atoms with E-state index in [1.807, 2.05) is 48.9 Å². The van der Waals surface area contributed by atoms with Gasteiger partial charge in [0, 0.05) is 27.8 Å². The van der Waals surface area contributed by atoms with Crippen molar-refractivity contribution in [1.29, 1.82) is 4.78 Å². The highest BCUT2D eigenvalue weighted by molar-refractivity contribution is 7.93. The Hall–Kier alpha value is -2.48. The van der Waals surface area contributed by atoms with Gasteiger partial charge in [-0.1, -0.05) is 26.0 Å². The van der Waals surface area contributed by atoms with Crippen LogP contribution in [0.25, 0.3) is 5.78 Å². The molecular formula is C21H25N5O2S. The van der Waals surface area contributed by atoms with Crippen molar-refractivity contribution < 1.29 is 4.21 Å². The van der Waals surface area contributed by atoms with E-state index in [-0.39, 0.29) is 16.7 Å². The number of nitrogens with zero attached hydrogens (tertiary/aromatic N) is 4. The third-order valence-corrected chi connectivity index (χ3v) is 8.17. The fraction of sp³-hybridized carbons (Fsp3) is 0.476.